The summed E-state index contributed by atoms with van der Waals surface area (Å²) in [5.41, 5.74) is 0.140. The van der Waals surface area contributed by atoms with Gasteiger partial charge in [-0.1, -0.05) is 86.0 Å². The molecule has 194 valence electrons. The first-order chi connectivity index (χ1) is 15.5. The predicted molar refractivity (Wildman–Crippen MR) is 135 cm³/mol. The molecule has 6 nitrogen and oxygen atoms in total. The fourth-order valence-corrected chi connectivity index (χ4v) is 4.27. The van der Waals surface area contributed by atoms with Crippen LogP contribution in [0.15, 0.2) is 4.99 Å². The Hall–Kier alpha value is 0.0464. The number of carbonyl (C=O) groups excluding carboxylic acids is 1. The van der Waals surface area contributed by atoms with Gasteiger partial charge in [0.2, 0.25) is 5.91 Å². The summed E-state index contributed by atoms with van der Waals surface area (Å²) in [4.78, 5) is 27.8. The third kappa shape index (κ3) is 23.8. The first kappa shape index (κ1) is 36.2. The summed E-state index contributed by atoms with van der Waals surface area (Å²) in [5, 5.41) is 23.9. The van der Waals surface area contributed by atoms with Gasteiger partial charge in [-0.25, -0.2) is 4.79 Å². The largest absolute Gasteiger partial charge is 1.00 e. The quantitative estimate of drug-likeness (QED) is 0.115. The minimum Gasteiger partial charge on any atom is -0.862 e. The summed E-state index contributed by atoms with van der Waals surface area (Å²) in [5.74, 6) is -1.06. The van der Waals surface area contributed by atoms with Crippen LogP contribution in [0.3, 0.4) is 0 Å². The van der Waals surface area contributed by atoms with Gasteiger partial charge in [-0.2, -0.15) is 0 Å². The van der Waals surface area contributed by atoms with Gasteiger partial charge in [0.05, 0.1) is 0 Å². The molecule has 1 amide bonds. The molecule has 0 fully saturated rings. The van der Waals surface area contributed by atoms with E-state index in [2.05, 4.69) is 38.0 Å². The number of carbonyl (C=O) groups is 2. The third-order valence-corrected chi connectivity index (χ3v) is 5.81. The summed E-state index contributed by atoms with van der Waals surface area (Å²) in [6, 6.07) is -0.878. The van der Waals surface area contributed by atoms with E-state index in [1.165, 1.54) is 44.9 Å². The minimum atomic E-state index is -1.01. The second kappa shape index (κ2) is 22.3. The minimum absolute atomic E-state index is 0. The van der Waals surface area contributed by atoms with Crippen molar-refractivity contribution in [3.8, 4) is 0 Å². The number of hydrogen-bond donors (Lipinski definition) is 2. The SMILES string of the molecule is CCCCCCCCCCCC([O-])=NCCCCC(NC(=O)CC(C)CC(C)(C)C)C(=O)O.[K+]. The molecule has 0 bridgehead atoms. The van der Waals surface area contributed by atoms with Crippen LogP contribution in [0.5, 0.6) is 0 Å². The zero-order valence-corrected chi connectivity index (χ0v) is 26.2. The Kier molecular flexibility index (Phi) is 23.7. The number of carboxylic acid groups (broad SMARTS) is 1. The number of nitrogens with zero attached hydrogens (tertiary/aromatic N) is 1. The van der Waals surface area contributed by atoms with Gasteiger partial charge in [-0.15, -0.1) is 0 Å². The average Bonchev–Trinajstić information content (AvgIpc) is 2.69. The van der Waals surface area contributed by atoms with E-state index in [1.54, 1.807) is 0 Å². The van der Waals surface area contributed by atoms with Gasteiger partial charge in [0.1, 0.15) is 6.04 Å². The van der Waals surface area contributed by atoms with Crippen molar-refractivity contribution in [3.05, 3.63) is 0 Å². The molecular weight excluding hydrogens is 455 g/mol. The van der Waals surface area contributed by atoms with E-state index in [1.807, 2.05) is 6.92 Å². The van der Waals surface area contributed by atoms with Crippen molar-refractivity contribution in [1.82, 2.24) is 5.32 Å². The standard InChI is InChI=1S/C27H52N2O4.K/c1-6-7-8-9-10-11-12-13-14-18-24(30)28-19-16-15-17-23(26(32)33)29-25(31)20-22(2)21-27(3,4)5;/h22-23H,6-21H2,1-5H3,(H,28,30)(H,29,31)(H,32,33);/q;+1/p-1. The molecule has 0 spiro atoms. The molecule has 34 heavy (non-hydrogen) atoms. The van der Waals surface area contributed by atoms with Crippen LogP contribution in [0.4, 0.5) is 0 Å². The number of aliphatic imine (C=N–C) groups is 1. The molecule has 0 aliphatic carbocycles. The smallest absolute Gasteiger partial charge is 0.862 e. The van der Waals surface area contributed by atoms with Crippen molar-refractivity contribution >= 4 is 17.8 Å². The predicted octanol–water partition coefficient (Wildman–Crippen LogP) is 2.87. The molecule has 0 rings (SSSR count). The summed E-state index contributed by atoms with van der Waals surface area (Å²) < 4.78 is 0. The van der Waals surface area contributed by atoms with E-state index in [9.17, 15) is 19.8 Å². The van der Waals surface area contributed by atoms with E-state index >= 15 is 0 Å². The second-order valence-electron chi connectivity index (χ2n) is 10.9. The fraction of sp³-hybridized carbons (Fsp3) is 0.889. The monoisotopic (exact) mass is 506 g/mol. The maximum Gasteiger partial charge on any atom is 1.00 e. The normalized spacial score (nSPS) is 13.7. The number of carboxylic acids is 1. The van der Waals surface area contributed by atoms with E-state index in [0.717, 1.165) is 19.3 Å². The van der Waals surface area contributed by atoms with Crippen molar-refractivity contribution < 1.29 is 71.2 Å². The van der Waals surface area contributed by atoms with E-state index < -0.39 is 12.0 Å². The topological polar surface area (TPSA) is 102 Å². The zero-order chi connectivity index (χ0) is 25.1. The Balaban J connectivity index is 0. The molecule has 0 saturated carbocycles. The summed E-state index contributed by atoms with van der Waals surface area (Å²) >= 11 is 0. The van der Waals surface area contributed by atoms with Gasteiger partial charge in [-0.05, 0) is 55.8 Å². The van der Waals surface area contributed by atoms with Crippen LogP contribution in [0.25, 0.3) is 0 Å². The Morgan fingerprint density at radius 1 is 0.941 bits per heavy atom. The van der Waals surface area contributed by atoms with E-state index in [0.29, 0.717) is 38.6 Å². The molecule has 7 heteroatoms. The summed E-state index contributed by atoms with van der Waals surface area (Å²) in [7, 11) is 0. The first-order valence-corrected chi connectivity index (χ1v) is 13.3. The number of aliphatic carboxylic acids is 1. The Morgan fingerprint density at radius 3 is 2.03 bits per heavy atom. The summed E-state index contributed by atoms with van der Waals surface area (Å²) in [6.07, 6.45) is 14.4. The van der Waals surface area contributed by atoms with Crippen molar-refractivity contribution in [2.75, 3.05) is 6.54 Å². The van der Waals surface area contributed by atoms with Crippen LogP contribution in [-0.4, -0.2) is 35.5 Å². The second-order valence-corrected chi connectivity index (χ2v) is 10.9. The zero-order valence-electron chi connectivity index (χ0n) is 23.1. The molecule has 2 unspecified atom stereocenters. The third-order valence-electron chi connectivity index (χ3n) is 5.81. The van der Waals surface area contributed by atoms with Crippen molar-refractivity contribution in [3.63, 3.8) is 0 Å². The number of hydrogen-bond acceptors (Lipinski definition) is 4. The Morgan fingerprint density at radius 2 is 1.50 bits per heavy atom. The van der Waals surface area contributed by atoms with Crippen LogP contribution in [0.1, 0.15) is 131 Å². The average molecular weight is 507 g/mol. The van der Waals surface area contributed by atoms with Crippen LogP contribution in [0.2, 0.25) is 0 Å². The molecule has 0 aliphatic rings. The molecule has 0 radical (unpaired) electrons. The van der Waals surface area contributed by atoms with Gasteiger partial charge in [-0.3, -0.25) is 4.79 Å². The maximum absolute atomic E-state index is 12.2. The maximum atomic E-state index is 12.2. The van der Waals surface area contributed by atoms with Gasteiger partial charge in [0.15, 0.2) is 0 Å². The molecule has 0 aromatic carbocycles. The van der Waals surface area contributed by atoms with Crippen LogP contribution in [0, 0.1) is 11.3 Å². The van der Waals surface area contributed by atoms with Crippen LogP contribution < -0.4 is 61.8 Å². The van der Waals surface area contributed by atoms with Crippen LogP contribution in [-0.2, 0) is 9.59 Å². The number of unbranched alkanes of at least 4 members (excludes halogenated alkanes) is 9. The first-order valence-electron chi connectivity index (χ1n) is 13.3. The van der Waals surface area contributed by atoms with E-state index in [4.69, 9.17) is 0 Å². The van der Waals surface area contributed by atoms with Gasteiger partial charge in [0.25, 0.3) is 0 Å². The molecule has 0 aliphatic heterocycles. The molecule has 0 aromatic heterocycles. The number of amides is 1. The van der Waals surface area contributed by atoms with Crippen molar-refractivity contribution in [1.29, 1.82) is 0 Å². The van der Waals surface area contributed by atoms with Crippen molar-refractivity contribution in [2.24, 2.45) is 16.3 Å². The number of rotatable bonds is 20. The molecule has 0 saturated heterocycles. The molecule has 2 N–H and O–H groups in total. The van der Waals surface area contributed by atoms with Gasteiger partial charge in [0, 0.05) is 13.0 Å². The molecule has 2 atom stereocenters. The van der Waals surface area contributed by atoms with E-state index in [-0.39, 0.29) is 74.5 Å². The molecule has 0 aromatic rings. The van der Waals surface area contributed by atoms with Crippen LogP contribution >= 0.6 is 0 Å². The summed E-state index contributed by atoms with van der Waals surface area (Å²) in [6.45, 7) is 11.1. The molecular formula is C27H51KN2O4. The van der Waals surface area contributed by atoms with Crippen molar-refractivity contribution in [2.45, 2.75) is 137 Å². The number of nitrogens with one attached hydrogen (secondary N) is 1. The Bertz CT molecular complexity index is 561. The Labute approximate surface area is 252 Å². The fourth-order valence-electron chi connectivity index (χ4n) is 4.27. The van der Waals surface area contributed by atoms with Gasteiger partial charge >= 0.3 is 57.4 Å². The molecule has 0 heterocycles. The van der Waals surface area contributed by atoms with Gasteiger partial charge < -0.3 is 20.5 Å².